The molecule has 0 aliphatic carbocycles. The Hall–Kier alpha value is -3.56. The topological polar surface area (TPSA) is 680 Å². The van der Waals surface area contributed by atoms with E-state index < -0.39 is 315 Å². The lowest BCUT2D eigenvalue weighted by Gasteiger charge is -2.50. The molecule has 8 fully saturated rings. The second-order valence-corrected chi connectivity index (χ2v) is 25.4. The summed E-state index contributed by atoms with van der Waals surface area (Å²) in [4.78, 5) is 50.1. The van der Waals surface area contributed by atoms with Crippen molar-refractivity contribution in [2.24, 2.45) is 0 Å². The van der Waals surface area contributed by atoms with Crippen molar-refractivity contribution in [2.75, 3.05) is 46.2 Å². The first kappa shape index (κ1) is 82.1. The van der Waals surface area contributed by atoms with E-state index in [4.69, 9.17) is 71.1 Å². The molecule has 0 spiro atoms. The second kappa shape index (κ2) is 35.7. The summed E-state index contributed by atoms with van der Waals surface area (Å²) in [5.41, 5.74) is 0. The normalized spacial score (nSPS) is 48.7. The van der Waals surface area contributed by atoms with Gasteiger partial charge in [-0.2, -0.15) is 0 Å². The van der Waals surface area contributed by atoms with Crippen molar-refractivity contribution in [2.45, 2.75) is 280 Å². The summed E-state index contributed by atoms with van der Waals surface area (Å²) in [6.07, 6.45) is -70.7. The molecule has 4 amide bonds. The molecule has 1 unspecified atom stereocenters. The van der Waals surface area contributed by atoms with E-state index in [1.165, 1.54) is 6.92 Å². The average molecular weight is 1460 g/mol. The summed E-state index contributed by atoms with van der Waals surface area (Å²) in [5.74, 6) is -3.34. The molecular weight excluding hydrogens is 1370 g/mol. The van der Waals surface area contributed by atoms with Crippen LogP contribution in [-0.4, -0.2) is 423 Å². The molecule has 0 bridgehead atoms. The molecular formula is C56H94N4O40. The number of aliphatic hydroxyl groups excluding tert-OH is 21. The summed E-state index contributed by atoms with van der Waals surface area (Å²) in [6, 6.07) is -6.93. The maximum atomic E-state index is 13.0. The Labute approximate surface area is 567 Å². The van der Waals surface area contributed by atoms with Gasteiger partial charge in [0.05, 0.1) is 52.4 Å². The predicted molar refractivity (Wildman–Crippen MR) is 309 cm³/mol. The van der Waals surface area contributed by atoms with Crippen molar-refractivity contribution >= 4 is 23.6 Å². The van der Waals surface area contributed by atoms with E-state index in [2.05, 4.69) is 21.3 Å². The van der Waals surface area contributed by atoms with Crippen LogP contribution in [0.3, 0.4) is 0 Å². The molecule has 0 aromatic heterocycles. The number of aliphatic hydroxyl groups is 21. The van der Waals surface area contributed by atoms with Gasteiger partial charge in [-0.25, -0.2) is 0 Å². The molecule has 100 heavy (non-hydrogen) atoms. The molecule has 8 saturated heterocycles. The summed E-state index contributed by atoms with van der Waals surface area (Å²) in [5, 5.41) is 241. The molecule has 8 heterocycles. The van der Waals surface area contributed by atoms with E-state index in [1.807, 2.05) is 0 Å². The maximum Gasteiger partial charge on any atom is 0.217 e. The summed E-state index contributed by atoms with van der Waals surface area (Å²) >= 11 is 0. The smallest absolute Gasteiger partial charge is 0.217 e. The summed E-state index contributed by atoms with van der Waals surface area (Å²) < 4.78 is 88.3. The molecule has 8 aliphatic heterocycles. The lowest BCUT2D eigenvalue weighted by atomic mass is 9.93. The number of amides is 4. The van der Waals surface area contributed by atoms with Crippen LogP contribution in [0.2, 0.25) is 0 Å². The van der Waals surface area contributed by atoms with Crippen LogP contribution in [-0.2, 0) is 90.2 Å². The van der Waals surface area contributed by atoms with Gasteiger partial charge in [0.1, 0.15) is 189 Å². The highest BCUT2D eigenvalue weighted by molar-refractivity contribution is 5.74. The third-order valence-electron chi connectivity index (χ3n) is 18.2. The van der Waals surface area contributed by atoms with Crippen LogP contribution < -0.4 is 21.3 Å². The van der Waals surface area contributed by atoms with Gasteiger partial charge in [0, 0.05) is 27.7 Å². The van der Waals surface area contributed by atoms with Gasteiger partial charge in [0.25, 0.3) is 0 Å². The Bertz CT molecular complexity index is 2620. The van der Waals surface area contributed by atoms with Crippen LogP contribution in [0.5, 0.6) is 0 Å². The molecule has 578 valence electrons. The zero-order valence-corrected chi connectivity index (χ0v) is 54.2. The van der Waals surface area contributed by atoms with Crippen LogP contribution in [0.4, 0.5) is 0 Å². The number of ether oxygens (including phenoxy) is 15. The number of nitrogens with one attached hydrogen (secondary N) is 4. The number of carbonyl (C=O) groups is 4. The number of hydrogen-bond acceptors (Lipinski definition) is 40. The Kier molecular flexibility index (Phi) is 29.3. The van der Waals surface area contributed by atoms with Crippen LogP contribution in [0.25, 0.3) is 0 Å². The SMILES string of the molecule is CC(=O)N[C@H]1[C@H](O[C@H]2[C@H](O)[C@@H](NC(C)=O)C(O)O[C@@H]2CO[C@@H]2O[C@@H](C)[C@@H](O)[C@@H](O)[C@@H]2O)O[C@H](CO)[C@@H](O[C@@H]2O[C@H](CO[C@H]3O[C@H](CO[C@@H]4O[C@H](CO)[C@@H](O)[C@H](O)[C@H]4NC(C)=O)[C@@H](O)[C@H](O)[C@@H]3O[C@@H]3O[C@H](CO)[C@@H](O)[C@H](O)[C@H]3NC(C)=O)[C@@H](O)[C@H](O[C@H]3O[C@H](CO)[C@@H](O)[C@H](O)[C@@H]3O)[C@@H]2O)[C@@H]1O. The monoisotopic (exact) mass is 1460 g/mol. The Morgan fingerprint density at radius 3 is 1.16 bits per heavy atom. The van der Waals surface area contributed by atoms with E-state index >= 15 is 0 Å². The van der Waals surface area contributed by atoms with Crippen molar-refractivity contribution in [1.29, 1.82) is 0 Å². The largest absolute Gasteiger partial charge is 0.394 e. The third kappa shape index (κ3) is 18.4. The lowest BCUT2D eigenvalue weighted by molar-refractivity contribution is -0.388. The minimum absolute atomic E-state index is 0.766. The minimum atomic E-state index is -2.42. The van der Waals surface area contributed by atoms with Crippen molar-refractivity contribution in [3.05, 3.63) is 0 Å². The fourth-order valence-corrected chi connectivity index (χ4v) is 12.7. The van der Waals surface area contributed by atoms with Crippen molar-refractivity contribution < 1.29 is 197 Å². The third-order valence-corrected chi connectivity index (χ3v) is 18.2. The van der Waals surface area contributed by atoms with Gasteiger partial charge in [-0.3, -0.25) is 19.2 Å². The first-order valence-corrected chi connectivity index (χ1v) is 32.0. The van der Waals surface area contributed by atoms with Crippen molar-refractivity contribution in [3.63, 3.8) is 0 Å². The van der Waals surface area contributed by atoms with Crippen LogP contribution in [0.15, 0.2) is 0 Å². The van der Waals surface area contributed by atoms with Gasteiger partial charge >= 0.3 is 0 Å². The molecule has 25 N–H and O–H groups in total. The standard InChI is InChI=1S/C56H94N4O40/c1-13-29(69)39(79)42(82)53(89-13)87-12-24-46(37(77)25(49(85)90-24)57-14(2)65)97-52-28(60-17(5)68)38(78)45(21(9-64)94-52)98-55-44(84)47(99-54-43(83)40(80)32(72)20(8-63)93-54)34(74)23(95-55)11-88-56-48(100-51-27(59-16(4)67)36(76)31(71)19(7-62)92-51)41(81)33(73)22(96-56)10-86-50-26(58-15(3)66)35(75)30(70)18(6-61)91-50/h13,18-56,61-64,69-85H,6-12H2,1-5H3,(H,57,65)(H,58,66)(H,59,67)(H,60,68)/t13-,18+,19+,20+,21+,22+,23+,24+,25+,26+,27+,28+,29+,30+,31+,32+,33+,34+,35+,36+,37+,38+,39+,40-,41-,42-,43-,44-,45+,46+,47-,48-,49?,50+,51-,52-,53+,54+,55-,56-/m0/s1. The van der Waals surface area contributed by atoms with E-state index in [-0.39, 0.29) is 0 Å². The van der Waals surface area contributed by atoms with Crippen LogP contribution >= 0.6 is 0 Å². The number of hydrogen-bond donors (Lipinski definition) is 25. The first-order chi connectivity index (χ1) is 47.2. The zero-order valence-electron chi connectivity index (χ0n) is 54.2. The van der Waals surface area contributed by atoms with Gasteiger partial charge in [0.2, 0.25) is 23.6 Å². The van der Waals surface area contributed by atoms with E-state index in [1.54, 1.807) is 0 Å². The predicted octanol–water partition coefficient (Wildman–Crippen LogP) is -16.8. The average Bonchev–Trinajstić information content (AvgIpc) is 0.780. The quantitative estimate of drug-likeness (QED) is 0.0404. The summed E-state index contributed by atoms with van der Waals surface area (Å²) in [7, 11) is 0. The van der Waals surface area contributed by atoms with Crippen molar-refractivity contribution in [3.8, 4) is 0 Å². The maximum absolute atomic E-state index is 13.0. The molecule has 0 aromatic rings. The molecule has 0 radical (unpaired) electrons. The fraction of sp³-hybridized carbons (Fsp3) is 0.929. The van der Waals surface area contributed by atoms with Crippen LogP contribution in [0, 0.1) is 0 Å². The fourth-order valence-electron chi connectivity index (χ4n) is 12.7. The van der Waals surface area contributed by atoms with Gasteiger partial charge in [-0.15, -0.1) is 0 Å². The molecule has 40 atom stereocenters. The lowest BCUT2D eigenvalue weighted by Crippen LogP contribution is -2.70. The summed E-state index contributed by atoms with van der Waals surface area (Å²) in [6.45, 7) is -1.57. The molecule has 44 heteroatoms. The Morgan fingerprint density at radius 2 is 0.620 bits per heavy atom. The molecule has 0 aromatic carbocycles. The number of carbonyl (C=O) groups excluding carboxylic acids is 4. The van der Waals surface area contributed by atoms with E-state index in [0.29, 0.717) is 0 Å². The molecule has 44 nitrogen and oxygen atoms in total. The highest BCUT2D eigenvalue weighted by Crippen LogP contribution is 2.38. The highest BCUT2D eigenvalue weighted by Gasteiger charge is 2.59. The highest BCUT2D eigenvalue weighted by atomic mass is 16.8. The Morgan fingerprint density at radius 1 is 0.280 bits per heavy atom. The van der Waals surface area contributed by atoms with E-state index in [0.717, 1.165) is 27.7 Å². The number of rotatable bonds is 25. The zero-order chi connectivity index (χ0) is 73.8. The van der Waals surface area contributed by atoms with Gasteiger partial charge in [-0.1, -0.05) is 0 Å². The molecule has 0 saturated carbocycles. The minimum Gasteiger partial charge on any atom is -0.394 e. The first-order valence-electron chi connectivity index (χ1n) is 32.0. The van der Waals surface area contributed by atoms with Gasteiger partial charge in [0.15, 0.2) is 50.3 Å². The van der Waals surface area contributed by atoms with Crippen molar-refractivity contribution in [1.82, 2.24) is 21.3 Å². The second-order valence-electron chi connectivity index (χ2n) is 25.4. The van der Waals surface area contributed by atoms with Crippen LogP contribution in [0.1, 0.15) is 34.6 Å². The molecule has 8 aliphatic rings. The van der Waals surface area contributed by atoms with Gasteiger partial charge < -0.3 is 200 Å². The van der Waals surface area contributed by atoms with Gasteiger partial charge in [-0.05, 0) is 6.92 Å². The Balaban J connectivity index is 1.11. The van der Waals surface area contributed by atoms with E-state index in [9.17, 15) is 126 Å². The molecule has 8 rings (SSSR count).